The number of hydrogen-bond donors (Lipinski definition) is 2. The summed E-state index contributed by atoms with van der Waals surface area (Å²) < 4.78 is 5.14. The van der Waals surface area contributed by atoms with Crippen LogP contribution in [0, 0.1) is 0 Å². The Hall–Kier alpha value is -0.770. The predicted molar refractivity (Wildman–Crippen MR) is 39.7 cm³/mol. The van der Waals surface area contributed by atoms with Crippen molar-refractivity contribution in [3.05, 3.63) is 0 Å². The molecule has 1 aliphatic rings. The lowest BCUT2D eigenvalue weighted by Gasteiger charge is -2.14. The molecule has 0 radical (unpaired) electrons. The second kappa shape index (κ2) is 2.46. The van der Waals surface area contributed by atoms with Crippen LogP contribution in [0.15, 0.2) is 4.99 Å². The number of rotatable bonds is 1. The van der Waals surface area contributed by atoms with Crippen LogP contribution < -0.4 is 11.5 Å². The maximum Gasteiger partial charge on any atom is 0.186 e. The van der Waals surface area contributed by atoms with E-state index in [9.17, 15) is 0 Å². The molecule has 58 valence electrons. The molecule has 0 bridgehead atoms. The number of hydrogen-bond acceptors (Lipinski definition) is 2. The van der Waals surface area contributed by atoms with Gasteiger partial charge in [-0.15, -0.1) is 0 Å². The van der Waals surface area contributed by atoms with E-state index < -0.39 is 0 Å². The topological polar surface area (TPSA) is 73.6 Å². The number of guanidine groups is 1. The minimum absolute atomic E-state index is 0.146. The van der Waals surface area contributed by atoms with Crippen molar-refractivity contribution in [2.24, 2.45) is 16.5 Å². The average Bonchev–Trinajstić information content (AvgIpc) is 2.12. The summed E-state index contributed by atoms with van der Waals surface area (Å²) in [6.45, 7) is 3.37. The molecule has 1 rings (SSSR count). The van der Waals surface area contributed by atoms with Gasteiger partial charge in [-0.1, -0.05) is 0 Å². The number of nitrogens with two attached hydrogens (primary N) is 2. The summed E-state index contributed by atoms with van der Waals surface area (Å²) in [7, 11) is 0. The Labute approximate surface area is 60.2 Å². The number of nitrogens with zero attached hydrogens (tertiary/aromatic N) is 1. The summed E-state index contributed by atoms with van der Waals surface area (Å²) >= 11 is 0. The van der Waals surface area contributed by atoms with Gasteiger partial charge in [0, 0.05) is 6.61 Å². The molecule has 0 spiro atoms. The number of aliphatic imine (C=N–C) groups is 1. The fourth-order valence-electron chi connectivity index (χ4n) is 1.06. The van der Waals surface area contributed by atoms with Gasteiger partial charge in [0.1, 0.15) is 0 Å². The van der Waals surface area contributed by atoms with Gasteiger partial charge in [0.25, 0.3) is 0 Å². The van der Waals surface area contributed by atoms with E-state index in [2.05, 4.69) is 4.99 Å². The Morgan fingerprint density at radius 1 is 1.60 bits per heavy atom. The van der Waals surface area contributed by atoms with E-state index in [0.717, 1.165) is 13.0 Å². The lowest BCUT2D eigenvalue weighted by atomic mass is 10.0. The zero-order chi connectivity index (χ0) is 7.61. The van der Waals surface area contributed by atoms with Crippen LogP contribution in [-0.2, 0) is 4.74 Å². The van der Waals surface area contributed by atoms with Gasteiger partial charge in [0.15, 0.2) is 5.96 Å². The van der Waals surface area contributed by atoms with Gasteiger partial charge in [-0.2, -0.15) is 0 Å². The molecule has 1 heterocycles. The normalized spacial score (nSPS) is 32.1. The minimum atomic E-state index is -0.168. The Morgan fingerprint density at radius 2 is 2.30 bits per heavy atom. The molecule has 4 nitrogen and oxygen atoms in total. The highest BCUT2D eigenvalue weighted by Crippen LogP contribution is 2.21. The quantitative estimate of drug-likeness (QED) is 0.381. The third-order valence-corrected chi connectivity index (χ3v) is 1.60. The maximum atomic E-state index is 5.23. The van der Waals surface area contributed by atoms with Crippen LogP contribution in [0.4, 0.5) is 0 Å². The van der Waals surface area contributed by atoms with E-state index in [4.69, 9.17) is 16.2 Å². The molecule has 4 heteroatoms. The summed E-state index contributed by atoms with van der Waals surface area (Å²) in [4.78, 5) is 4.06. The van der Waals surface area contributed by atoms with E-state index in [1.165, 1.54) is 0 Å². The van der Waals surface area contributed by atoms with E-state index in [1.54, 1.807) is 0 Å². The van der Waals surface area contributed by atoms with Gasteiger partial charge >= 0.3 is 0 Å². The lowest BCUT2D eigenvalue weighted by Crippen LogP contribution is -2.31. The van der Waals surface area contributed by atoms with E-state index >= 15 is 0 Å². The van der Waals surface area contributed by atoms with E-state index in [0.29, 0.717) is 6.61 Å². The zero-order valence-corrected chi connectivity index (χ0v) is 6.13. The third-order valence-electron chi connectivity index (χ3n) is 1.60. The van der Waals surface area contributed by atoms with Crippen LogP contribution in [0.2, 0.25) is 0 Å². The molecule has 10 heavy (non-hydrogen) atoms. The summed E-state index contributed by atoms with van der Waals surface area (Å²) in [6.07, 6.45) is 0.908. The fraction of sp³-hybridized carbons (Fsp3) is 0.833. The second-order valence-corrected chi connectivity index (χ2v) is 2.84. The molecule has 0 aromatic rings. The Bertz CT molecular complexity index is 145. The monoisotopic (exact) mass is 143 g/mol. The molecule has 1 saturated heterocycles. The van der Waals surface area contributed by atoms with Crippen LogP contribution in [0.25, 0.3) is 0 Å². The second-order valence-electron chi connectivity index (χ2n) is 2.84. The molecule has 1 fully saturated rings. The summed E-state index contributed by atoms with van der Waals surface area (Å²) in [5.74, 6) is 0.146. The molecule has 0 aliphatic carbocycles. The van der Waals surface area contributed by atoms with Crippen molar-refractivity contribution in [2.45, 2.75) is 18.9 Å². The van der Waals surface area contributed by atoms with E-state index in [-0.39, 0.29) is 11.5 Å². The van der Waals surface area contributed by atoms with Crippen LogP contribution in [0.5, 0.6) is 0 Å². The van der Waals surface area contributed by atoms with Crippen molar-refractivity contribution in [1.29, 1.82) is 0 Å². The summed E-state index contributed by atoms with van der Waals surface area (Å²) in [5.41, 5.74) is 10.3. The summed E-state index contributed by atoms with van der Waals surface area (Å²) in [5, 5.41) is 0. The largest absolute Gasteiger partial charge is 0.379 e. The van der Waals surface area contributed by atoms with Gasteiger partial charge in [-0.05, 0) is 13.3 Å². The fourth-order valence-corrected chi connectivity index (χ4v) is 1.06. The third kappa shape index (κ3) is 1.60. The number of ether oxygens (including phenoxy) is 1. The molecular weight excluding hydrogens is 130 g/mol. The van der Waals surface area contributed by atoms with Gasteiger partial charge in [-0.3, -0.25) is 0 Å². The molecule has 0 aromatic carbocycles. The highest BCUT2D eigenvalue weighted by molar-refractivity contribution is 5.76. The van der Waals surface area contributed by atoms with Gasteiger partial charge < -0.3 is 16.2 Å². The first kappa shape index (κ1) is 7.34. The van der Waals surface area contributed by atoms with Crippen molar-refractivity contribution in [3.63, 3.8) is 0 Å². The van der Waals surface area contributed by atoms with Crippen molar-refractivity contribution in [2.75, 3.05) is 13.2 Å². The molecule has 0 saturated carbocycles. The zero-order valence-electron chi connectivity index (χ0n) is 6.13. The molecule has 1 atom stereocenters. The van der Waals surface area contributed by atoms with E-state index in [1.807, 2.05) is 6.92 Å². The standard InChI is InChI=1S/C6H13N3O/c1-6(9-5(7)8)2-3-10-4-6/h2-4H2,1H3,(H4,7,8,9). The highest BCUT2D eigenvalue weighted by Gasteiger charge is 2.28. The first-order valence-electron chi connectivity index (χ1n) is 3.31. The van der Waals surface area contributed by atoms with Gasteiger partial charge in [-0.25, -0.2) is 4.99 Å². The predicted octanol–water partition coefficient (Wildman–Crippen LogP) is -0.561. The van der Waals surface area contributed by atoms with Crippen LogP contribution in [0.3, 0.4) is 0 Å². The minimum Gasteiger partial charge on any atom is -0.379 e. The highest BCUT2D eigenvalue weighted by atomic mass is 16.5. The van der Waals surface area contributed by atoms with Crippen LogP contribution in [0.1, 0.15) is 13.3 Å². The first-order chi connectivity index (χ1) is 4.62. The Kier molecular flexibility index (Phi) is 1.80. The van der Waals surface area contributed by atoms with Crippen LogP contribution >= 0.6 is 0 Å². The Balaban J connectivity index is 2.59. The SMILES string of the molecule is CC1(N=C(N)N)CCOC1. The van der Waals surface area contributed by atoms with Crippen molar-refractivity contribution in [3.8, 4) is 0 Å². The average molecular weight is 143 g/mol. The molecule has 4 N–H and O–H groups in total. The molecule has 1 unspecified atom stereocenters. The first-order valence-corrected chi connectivity index (χ1v) is 3.31. The molecular formula is C6H13N3O. The molecule has 0 aromatic heterocycles. The Morgan fingerprint density at radius 3 is 2.70 bits per heavy atom. The van der Waals surface area contributed by atoms with Crippen molar-refractivity contribution in [1.82, 2.24) is 0 Å². The molecule has 1 aliphatic heterocycles. The van der Waals surface area contributed by atoms with Gasteiger partial charge in [0.05, 0.1) is 12.1 Å². The van der Waals surface area contributed by atoms with Crippen molar-refractivity contribution >= 4 is 5.96 Å². The van der Waals surface area contributed by atoms with Crippen molar-refractivity contribution < 1.29 is 4.74 Å². The smallest absolute Gasteiger partial charge is 0.186 e. The summed E-state index contributed by atoms with van der Waals surface area (Å²) in [6, 6.07) is 0. The molecule has 0 amide bonds. The van der Waals surface area contributed by atoms with Crippen LogP contribution in [-0.4, -0.2) is 24.7 Å². The van der Waals surface area contributed by atoms with Gasteiger partial charge in [0.2, 0.25) is 0 Å². The lowest BCUT2D eigenvalue weighted by molar-refractivity contribution is 0.182. The maximum absolute atomic E-state index is 5.23.